The van der Waals surface area contributed by atoms with Gasteiger partial charge in [0.25, 0.3) is 0 Å². The highest BCUT2D eigenvalue weighted by Gasteiger charge is 2.34. The highest BCUT2D eigenvalue weighted by atomic mass is 19.4. The van der Waals surface area contributed by atoms with Crippen molar-refractivity contribution in [3.8, 4) is 0 Å². The Morgan fingerprint density at radius 1 is 1.28 bits per heavy atom. The second-order valence-corrected chi connectivity index (χ2v) is 4.38. The molecule has 0 spiro atoms. The van der Waals surface area contributed by atoms with Gasteiger partial charge >= 0.3 is 6.18 Å². The molecule has 0 aliphatic heterocycles. The number of hydrogen-bond donors (Lipinski definition) is 1. The van der Waals surface area contributed by atoms with E-state index in [0.717, 1.165) is 11.8 Å². The van der Waals surface area contributed by atoms with Crippen molar-refractivity contribution in [1.29, 1.82) is 0 Å². The first-order chi connectivity index (χ1) is 8.36. The molecule has 2 aromatic rings. The Hall–Kier alpha value is -1.49. The monoisotopic (exact) mass is 256 g/mol. The van der Waals surface area contributed by atoms with Gasteiger partial charge in [-0.1, -0.05) is 12.1 Å². The number of para-hydroxylation sites is 1. The van der Waals surface area contributed by atoms with Crippen LogP contribution in [0.25, 0.3) is 10.9 Å². The van der Waals surface area contributed by atoms with Crippen LogP contribution in [-0.4, -0.2) is 11.6 Å². The smallest absolute Gasteiger partial charge is 0.346 e. The first-order valence-corrected chi connectivity index (χ1v) is 5.69. The summed E-state index contributed by atoms with van der Waals surface area (Å²) in [6, 6.07) is 6.07. The topological polar surface area (TPSA) is 17.0 Å². The van der Waals surface area contributed by atoms with Crippen LogP contribution in [0.4, 0.5) is 13.2 Å². The van der Waals surface area contributed by atoms with Gasteiger partial charge in [-0.25, -0.2) is 0 Å². The van der Waals surface area contributed by atoms with Gasteiger partial charge in [0.1, 0.15) is 0 Å². The van der Waals surface area contributed by atoms with Crippen LogP contribution < -0.4 is 5.32 Å². The summed E-state index contributed by atoms with van der Waals surface area (Å²) in [4.78, 5) is 0. The predicted octanol–water partition coefficient (Wildman–Crippen LogP) is 3.48. The SMILES string of the molecule is CNC(C)c1cc2cccc(C(F)(F)F)c2n1C. The van der Waals surface area contributed by atoms with E-state index in [-0.39, 0.29) is 11.6 Å². The van der Waals surface area contributed by atoms with Gasteiger partial charge in [0.15, 0.2) is 0 Å². The van der Waals surface area contributed by atoms with Crippen LogP contribution >= 0.6 is 0 Å². The van der Waals surface area contributed by atoms with Gasteiger partial charge < -0.3 is 9.88 Å². The lowest BCUT2D eigenvalue weighted by atomic mass is 10.1. The number of rotatable bonds is 2. The fourth-order valence-corrected chi connectivity index (χ4v) is 2.23. The summed E-state index contributed by atoms with van der Waals surface area (Å²) in [5.74, 6) is 0. The molecule has 0 aliphatic rings. The highest BCUT2D eigenvalue weighted by Crippen LogP contribution is 2.36. The van der Waals surface area contributed by atoms with Crippen molar-refractivity contribution < 1.29 is 13.2 Å². The molecular formula is C13H15F3N2. The maximum atomic E-state index is 13.0. The molecule has 2 rings (SSSR count). The summed E-state index contributed by atoms with van der Waals surface area (Å²) < 4.78 is 40.5. The third kappa shape index (κ3) is 1.99. The number of hydrogen-bond acceptors (Lipinski definition) is 1. The third-order valence-corrected chi connectivity index (χ3v) is 3.28. The summed E-state index contributed by atoms with van der Waals surface area (Å²) in [5.41, 5.74) is 0.489. The molecule has 0 fully saturated rings. The lowest BCUT2D eigenvalue weighted by Gasteiger charge is -2.14. The van der Waals surface area contributed by atoms with Crippen molar-refractivity contribution in [2.45, 2.75) is 19.1 Å². The van der Waals surface area contributed by atoms with Crippen molar-refractivity contribution in [2.75, 3.05) is 7.05 Å². The largest absolute Gasteiger partial charge is 0.418 e. The van der Waals surface area contributed by atoms with Crippen LogP contribution in [0, 0.1) is 0 Å². The van der Waals surface area contributed by atoms with Gasteiger partial charge in [0.05, 0.1) is 11.1 Å². The Morgan fingerprint density at radius 2 is 1.94 bits per heavy atom. The predicted molar refractivity (Wildman–Crippen MR) is 65.4 cm³/mol. The Balaban J connectivity index is 2.74. The lowest BCUT2D eigenvalue weighted by molar-refractivity contribution is -0.136. The Bertz CT molecular complexity index is 569. The summed E-state index contributed by atoms with van der Waals surface area (Å²) in [5, 5.41) is 3.65. The molecule has 1 heterocycles. The molecular weight excluding hydrogens is 241 g/mol. The Labute approximate surface area is 103 Å². The number of nitrogens with zero attached hydrogens (tertiary/aromatic N) is 1. The van der Waals surface area contributed by atoms with Crippen molar-refractivity contribution in [2.24, 2.45) is 7.05 Å². The minimum Gasteiger partial charge on any atom is -0.346 e. The second-order valence-electron chi connectivity index (χ2n) is 4.38. The number of aromatic nitrogens is 1. The van der Waals surface area contributed by atoms with Crippen molar-refractivity contribution in [1.82, 2.24) is 9.88 Å². The van der Waals surface area contributed by atoms with Crippen LogP contribution in [0.15, 0.2) is 24.3 Å². The molecule has 5 heteroatoms. The highest BCUT2D eigenvalue weighted by molar-refractivity contribution is 5.85. The maximum Gasteiger partial charge on any atom is 0.418 e. The number of fused-ring (bicyclic) bond motifs is 1. The maximum absolute atomic E-state index is 13.0. The molecule has 1 N–H and O–H groups in total. The second kappa shape index (κ2) is 4.31. The van der Waals surface area contributed by atoms with Gasteiger partial charge in [0.2, 0.25) is 0 Å². The van der Waals surface area contributed by atoms with E-state index in [1.54, 1.807) is 30.8 Å². The molecule has 18 heavy (non-hydrogen) atoms. The number of alkyl halides is 3. The molecule has 2 nitrogen and oxygen atoms in total. The van der Waals surface area contributed by atoms with E-state index in [0.29, 0.717) is 5.39 Å². The van der Waals surface area contributed by atoms with Crippen molar-refractivity contribution >= 4 is 10.9 Å². The fourth-order valence-electron chi connectivity index (χ4n) is 2.23. The zero-order valence-corrected chi connectivity index (χ0v) is 10.5. The van der Waals surface area contributed by atoms with Crippen molar-refractivity contribution in [3.63, 3.8) is 0 Å². The molecule has 0 radical (unpaired) electrons. The van der Waals surface area contributed by atoms with E-state index in [4.69, 9.17) is 0 Å². The van der Waals surface area contributed by atoms with E-state index < -0.39 is 11.7 Å². The molecule has 1 unspecified atom stereocenters. The number of benzene rings is 1. The average molecular weight is 256 g/mol. The van der Waals surface area contributed by atoms with Gasteiger partial charge in [-0.2, -0.15) is 13.2 Å². The van der Waals surface area contributed by atoms with Gasteiger partial charge in [-0.3, -0.25) is 0 Å². The van der Waals surface area contributed by atoms with Crippen molar-refractivity contribution in [3.05, 3.63) is 35.5 Å². The van der Waals surface area contributed by atoms with Crippen LogP contribution in [-0.2, 0) is 13.2 Å². The standard InChI is InChI=1S/C13H15F3N2/c1-8(17-2)11-7-9-5-4-6-10(13(14,15)16)12(9)18(11)3/h4-8,17H,1-3H3. The molecule has 1 atom stereocenters. The van der Waals surface area contributed by atoms with Crippen LogP contribution in [0.2, 0.25) is 0 Å². The molecule has 0 saturated carbocycles. The van der Waals surface area contributed by atoms with E-state index in [2.05, 4.69) is 5.32 Å². The molecule has 0 saturated heterocycles. The van der Waals surface area contributed by atoms with E-state index in [1.807, 2.05) is 6.92 Å². The van der Waals surface area contributed by atoms with Gasteiger partial charge in [-0.15, -0.1) is 0 Å². The summed E-state index contributed by atoms with van der Waals surface area (Å²) in [6.45, 7) is 1.92. The zero-order valence-electron chi connectivity index (χ0n) is 10.5. The molecule has 1 aromatic heterocycles. The summed E-state index contributed by atoms with van der Waals surface area (Å²) >= 11 is 0. The third-order valence-electron chi connectivity index (χ3n) is 3.28. The Morgan fingerprint density at radius 3 is 2.50 bits per heavy atom. The molecule has 0 amide bonds. The summed E-state index contributed by atoms with van der Waals surface area (Å²) in [6.07, 6.45) is -4.33. The summed E-state index contributed by atoms with van der Waals surface area (Å²) in [7, 11) is 3.45. The first kappa shape index (κ1) is 13.0. The van der Waals surface area contributed by atoms with Gasteiger partial charge in [0, 0.05) is 24.2 Å². The Kier molecular flexibility index (Phi) is 3.11. The number of aryl methyl sites for hydroxylation is 1. The van der Waals surface area contributed by atoms with E-state index >= 15 is 0 Å². The van der Waals surface area contributed by atoms with Crippen LogP contribution in [0.3, 0.4) is 0 Å². The van der Waals surface area contributed by atoms with E-state index in [9.17, 15) is 13.2 Å². The minimum atomic E-state index is -4.33. The number of nitrogens with one attached hydrogen (secondary N) is 1. The molecule has 0 aliphatic carbocycles. The lowest BCUT2D eigenvalue weighted by Crippen LogP contribution is -2.16. The quantitative estimate of drug-likeness (QED) is 0.870. The minimum absolute atomic E-state index is 0.00323. The zero-order chi connectivity index (χ0) is 13.5. The average Bonchev–Trinajstić information content (AvgIpc) is 2.65. The first-order valence-electron chi connectivity index (χ1n) is 5.69. The molecule has 98 valence electrons. The fraction of sp³-hybridized carbons (Fsp3) is 0.385. The van der Waals surface area contributed by atoms with Crippen LogP contribution in [0.5, 0.6) is 0 Å². The molecule has 0 bridgehead atoms. The van der Waals surface area contributed by atoms with E-state index in [1.165, 1.54) is 6.07 Å². The molecule has 1 aromatic carbocycles. The number of halogens is 3. The van der Waals surface area contributed by atoms with Gasteiger partial charge in [-0.05, 0) is 26.1 Å². The normalized spacial score (nSPS) is 14.1. The van der Waals surface area contributed by atoms with Crippen LogP contribution in [0.1, 0.15) is 24.2 Å².